The summed E-state index contributed by atoms with van der Waals surface area (Å²) >= 11 is 0. The molecule has 0 N–H and O–H groups in total. The molecule has 1 heterocycles. The van der Waals surface area contributed by atoms with E-state index in [1.165, 1.54) is 0 Å². The maximum absolute atomic E-state index is 12.2. The van der Waals surface area contributed by atoms with Gasteiger partial charge in [-0.05, 0) is 18.6 Å². The van der Waals surface area contributed by atoms with Gasteiger partial charge < -0.3 is 4.84 Å². The minimum absolute atomic E-state index is 0.290. The number of hydrogen-bond donors (Lipinski definition) is 0. The highest BCUT2D eigenvalue weighted by molar-refractivity contribution is 7.92. The Hall–Kier alpha value is -1.36. The molecular formula is C12H15NO3S. The van der Waals surface area contributed by atoms with Crippen molar-refractivity contribution in [1.29, 1.82) is 0 Å². The Morgan fingerprint density at radius 3 is 2.71 bits per heavy atom. The predicted octanol–water partition coefficient (Wildman–Crippen LogP) is 2.36. The molecule has 92 valence electrons. The number of nitrogens with zero attached hydrogens (tertiary/aromatic N) is 1. The van der Waals surface area contributed by atoms with Gasteiger partial charge in [0.15, 0.2) is 0 Å². The summed E-state index contributed by atoms with van der Waals surface area (Å²) < 4.78 is 24.4. The van der Waals surface area contributed by atoms with Crippen LogP contribution in [0.15, 0.2) is 40.4 Å². The molecule has 0 aromatic heterocycles. The molecule has 2 rings (SSSR count). The fraction of sp³-hybridized carbons (Fsp3) is 0.417. The fourth-order valence-corrected chi connectivity index (χ4v) is 3.17. The van der Waals surface area contributed by atoms with E-state index < -0.39 is 15.3 Å². The van der Waals surface area contributed by atoms with Gasteiger partial charge in [0.05, 0.1) is 10.6 Å². The molecule has 0 saturated heterocycles. The van der Waals surface area contributed by atoms with Crippen molar-refractivity contribution < 1.29 is 13.3 Å². The second kappa shape index (κ2) is 4.87. The van der Waals surface area contributed by atoms with Crippen LogP contribution >= 0.6 is 0 Å². The molecular weight excluding hydrogens is 238 g/mol. The monoisotopic (exact) mass is 253 g/mol. The first-order valence-electron chi connectivity index (χ1n) is 5.65. The van der Waals surface area contributed by atoms with Crippen molar-refractivity contribution in [3.8, 4) is 0 Å². The highest BCUT2D eigenvalue weighted by atomic mass is 32.2. The standard InChI is InChI=1S/C12H15NO3S/c1-2-6-10-9-12(16-13-10)17(14,15)11-7-4-3-5-8-11/h3-5,7-8,12H,2,6,9H2,1H3. The molecule has 1 aromatic rings. The molecule has 1 aromatic carbocycles. The number of sulfone groups is 1. The van der Waals surface area contributed by atoms with Gasteiger partial charge in [-0.2, -0.15) is 0 Å². The van der Waals surface area contributed by atoms with Gasteiger partial charge in [-0.3, -0.25) is 0 Å². The van der Waals surface area contributed by atoms with Crippen LogP contribution in [0.4, 0.5) is 0 Å². The second-order valence-corrected chi connectivity index (χ2v) is 6.09. The maximum atomic E-state index is 12.2. The van der Waals surface area contributed by atoms with E-state index in [-0.39, 0.29) is 4.90 Å². The van der Waals surface area contributed by atoms with Gasteiger partial charge in [0.2, 0.25) is 15.3 Å². The third kappa shape index (κ3) is 2.49. The Bertz CT molecular complexity index is 508. The van der Waals surface area contributed by atoms with Gasteiger partial charge in [0.25, 0.3) is 0 Å². The Morgan fingerprint density at radius 2 is 2.06 bits per heavy atom. The average molecular weight is 253 g/mol. The zero-order chi connectivity index (χ0) is 12.3. The van der Waals surface area contributed by atoms with Crippen LogP contribution in [0.5, 0.6) is 0 Å². The van der Waals surface area contributed by atoms with Gasteiger partial charge in [-0.1, -0.05) is 36.7 Å². The molecule has 17 heavy (non-hydrogen) atoms. The Balaban J connectivity index is 2.15. The van der Waals surface area contributed by atoms with E-state index in [1.54, 1.807) is 30.3 Å². The molecule has 0 fully saturated rings. The van der Waals surface area contributed by atoms with Crippen molar-refractivity contribution in [2.45, 2.75) is 36.5 Å². The van der Waals surface area contributed by atoms with Gasteiger partial charge in [0.1, 0.15) is 0 Å². The molecule has 1 unspecified atom stereocenters. The van der Waals surface area contributed by atoms with Crippen molar-refractivity contribution >= 4 is 15.5 Å². The van der Waals surface area contributed by atoms with Crippen LogP contribution in [0.25, 0.3) is 0 Å². The zero-order valence-corrected chi connectivity index (χ0v) is 10.5. The Morgan fingerprint density at radius 1 is 1.35 bits per heavy atom. The maximum Gasteiger partial charge on any atom is 0.236 e. The molecule has 0 bridgehead atoms. The van der Waals surface area contributed by atoms with Crippen LogP contribution in [-0.2, 0) is 14.7 Å². The summed E-state index contributed by atoms with van der Waals surface area (Å²) in [5.74, 6) is 0. The fourth-order valence-electron chi connectivity index (χ4n) is 1.76. The van der Waals surface area contributed by atoms with Gasteiger partial charge >= 0.3 is 0 Å². The van der Waals surface area contributed by atoms with Crippen LogP contribution in [0, 0.1) is 0 Å². The molecule has 1 atom stereocenters. The number of hydrogen-bond acceptors (Lipinski definition) is 4. The van der Waals surface area contributed by atoms with E-state index in [2.05, 4.69) is 5.16 Å². The van der Waals surface area contributed by atoms with Crippen molar-refractivity contribution in [1.82, 2.24) is 0 Å². The van der Waals surface area contributed by atoms with Crippen molar-refractivity contribution in [3.63, 3.8) is 0 Å². The Kier molecular flexibility index (Phi) is 3.47. The molecule has 0 aliphatic carbocycles. The van der Waals surface area contributed by atoms with Crippen LogP contribution in [0.1, 0.15) is 26.2 Å². The number of benzene rings is 1. The highest BCUT2D eigenvalue weighted by Crippen LogP contribution is 2.24. The first-order valence-corrected chi connectivity index (χ1v) is 7.19. The van der Waals surface area contributed by atoms with Crippen molar-refractivity contribution in [2.75, 3.05) is 0 Å². The van der Waals surface area contributed by atoms with Crippen LogP contribution in [0.2, 0.25) is 0 Å². The minimum atomic E-state index is -3.43. The lowest BCUT2D eigenvalue weighted by atomic mass is 10.2. The lowest BCUT2D eigenvalue weighted by Gasteiger charge is -2.09. The molecule has 0 amide bonds. The summed E-state index contributed by atoms with van der Waals surface area (Å²) in [4.78, 5) is 5.33. The van der Waals surface area contributed by atoms with E-state index in [0.717, 1.165) is 18.6 Å². The molecule has 4 nitrogen and oxygen atoms in total. The smallest absolute Gasteiger partial charge is 0.236 e. The van der Waals surface area contributed by atoms with E-state index >= 15 is 0 Å². The quantitative estimate of drug-likeness (QED) is 0.827. The number of rotatable bonds is 4. The minimum Gasteiger partial charge on any atom is -0.375 e. The molecule has 1 aliphatic rings. The lowest BCUT2D eigenvalue weighted by Crippen LogP contribution is -2.21. The molecule has 0 saturated carbocycles. The first kappa shape index (κ1) is 12.1. The summed E-state index contributed by atoms with van der Waals surface area (Å²) in [6.07, 6.45) is 2.12. The summed E-state index contributed by atoms with van der Waals surface area (Å²) in [6, 6.07) is 8.35. The summed E-state index contributed by atoms with van der Waals surface area (Å²) in [5.41, 5.74) is -0.0246. The van der Waals surface area contributed by atoms with Crippen molar-refractivity contribution in [2.24, 2.45) is 5.16 Å². The van der Waals surface area contributed by atoms with E-state index in [4.69, 9.17) is 4.84 Å². The zero-order valence-electron chi connectivity index (χ0n) is 9.67. The van der Waals surface area contributed by atoms with Crippen molar-refractivity contribution in [3.05, 3.63) is 30.3 Å². The highest BCUT2D eigenvalue weighted by Gasteiger charge is 2.34. The van der Waals surface area contributed by atoms with Gasteiger partial charge in [-0.15, -0.1) is 0 Å². The number of oxime groups is 1. The predicted molar refractivity (Wildman–Crippen MR) is 65.5 cm³/mol. The van der Waals surface area contributed by atoms with Crippen LogP contribution in [-0.4, -0.2) is 19.6 Å². The van der Waals surface area contributed by atoms with Crippen LogP contribution < -0.4 is 0 Å². The summed E-state index contributed by atoms with van der Waals surface area (Å²) in [5, 5.41) is 3.84. The van der Waals surface area contributed by atoms with Gasteiger partial charge in [0, 0.05) is 6.42 Å². The first-order chi connectivity index (χ1) is 8.14. The molecule has 0 radical (unpaired) electrons. The molecule has 1 aliphatic heterocycles. The van der Waals surface area contributed by atoms with E-state index in [9.17, 15) is 8.42 Å². The lowest BCUT2D eigenvalue weighted by molar-refractivity contribution is 0.140. The van der Waals surface area contributed by atoms with Gasteiger partial charge in [-0.25, -0.2) is 8.42 Å². The van der Waals surface area contributed by atoms with Crippen LogP contribution in [0.3, 0.4) is 0 Å². The average Bonchev–Trinajstić information content (AvgIpc) is 2.80. The SMILES string of the molecule is CCCC1=NOC(S(=O)(=O)c2ccccc2)C1. The topological polar surface area (TPSA) is 55.7 Å². The summed E-state index contributed by atoms with van der Waals surface area (Å²) in [6.45, 7) is 2.03. The Labute approximate surface area is 101 Å². The summed E-state index contributed by atoms with van der Waals surface area (Å²) in [7, 11) is -3.43. The third-order valence-electron chi connectivity index (χ3n) is 2.66. The third-order valence-corrected chi connectivity index (χ3v) is 4.53. The largest absolute Gasteiger partial charge is 0.375 e. The second-order valence-electron chi connectivity index (χ2n) is 4.00. The molecule has 0 spiro atoms. The van der Waals surface area contributed by atoms with E-state index in [1.807, 2.05) is 6.92 Å². The molecule has 5 heteroatoms. The normalized spacial score (nSPS) is 19.8. The van der Waals surface area contributed by atoms with E-state index in [0.29, 0.717) is 6.42 Å².